The summed E-state index contributed by atoms with van der Waals surface area (Å²) in [6.45, 7) is 3.23. The lowest BCUT2D eigenvalue weighted by molar-refractivity contribution is 0.358. The highest BCUT2D eigenvalue weighted by atomic mass is 16.5. The van der Waals surface area contributed by atoms with Crippen molar-refractivity contribution < 1.29 is 4.74 Å². The molecule has 2 heterocycles. The van der Waals surface area contributed by atoms with Crippen molar-refractivity contribution in [1.82, 2.24) is 4.57 Å². The van der Waals surface area contributed by atoms with Crippen LogP contribution in [0.25, 0.3) is 11.1 Å². The first-order valence-corrected chi connectivity index (χ1v) is 8.22. The fourth-order valence-corrected chi connectivity index (χ4v) is 3.18. The summed E-state index contributed by atoms with van der Waals surface area (Å²) in [5.41, 5.74) is 5.27. The van der Waals surface area contributed by atoms with Crippen molar-refractivity contribution in [2.45, 2.75) is 19.9 Å². The average Bonchev–Trinajstić information content (AvgIpc) is 3.09. The van der Waals surface area contributed by atoms with Crippen LogP contribution in [0, 0.1) is 6.92 Å². The molecular formula is C21H19NO2. The molecule has 1 aliphatic heterocycles. The van der Waals surface area contributed by atoms with E-state index in [2.05, 4.69) is 31.2 Å². The van der Waals surface area contributed by atoms with Gasteiger partial charge in [-0.25, -0.2) is 0 Å². The molecule has 24 heavy (non-hydrogen) atoms. The minimum absolute atomic E-state index is 0.0576. The molecule has 0 radical (unpaired) electrons. The van der Waals surface area contributed by atoms with E-state index in [1.165, 1.54) is 5.56 Å². The number of benzene rings is 2. The van der Waals surface area contributed by atoms with Crippen LogP contribution in [0.2, 0.25) is 0 Å². The Kier molecular flexibility index (Phi) is 3.69. The van der Waals surface area contributed by atoms with Crippen molar-refractivity contribution in [3.63, 3.8) is 0 Å². The number of pyridine rings is 1. The molecule has 0 saturated heterocycles. The molecule has 0 fully saturated rings. The van der Waals surface area contributed by atoms with Gasteiger partial charge in [0.1, 0.15) is 5.75 Å². The van der Waals surface area contributed by atoms with Gasteiger partial charge in [-0.15, -0.1) is 0 Å². The molecule has 0 unspecified atom stereocenters. The van der Waals surface area contributed by atoms with Gasteiger partial charge in [0.2, 0.25) is 0 Å². The van der Waals surface area contributed by atoms with Crippen LogP contribution in [0.3, 0.4) is 0 Å². The van der Waals surface area contributed by atoms with Crippen LogP contribution in [0.15, 0.2) is 65.6 Å². The van der Waals surface area contributed by atoms with Gasteiger partial charge in [-0.2, -0.15) is 0 Å². The topological polar surface area (TPSA) is 31.2 Å². The molecule has 120 valence electrons. The number of aryl methyl sites for hydroxylation is 1. The van der Waals surface area contributed by atoms with Crippen LogP contribution >= 0.6 is 0 Å². The van der Waals surface area contributed by atoms with E-state index < -0.39 is 0 Å². The number of fused-ring (bicyclic) bond motifs is 1. The molecule has 0 bridgehead atoms. The highest BCUT2D eigenvalue weighted by molar-refractivity contribution is 5.72. The van der Waals surface area contributed by atoms with Crippen LogP contribution in [0.5, 0.6) is 5.75 Å². The highest BCUT2D eigenvalue weighted by Crippen LogP contribution is 2.35. The van der Waals surface area contributed by atoms with Crippen molar-refractivity contribution in [3.8, 4) is 16.9 Å². The predicted octanol–water partition coefficient (Wildman–Crippen LogP) is 3.81. The fraction of sp³-hybridized carbons (Fsp3) is 0.190. The molecule has 1 aliphatic rings. The van der Waals surface area contributed by atoms with Gasteiger partial charge in [0, 0.05) is 18.2 Å². The third-order valence-corrected chi connectivity index (χ3v) is 4.48. The van der Waals surface area contributed by atoms with Gasteiger partial charge in [0.05, 0.1) is 18.7 Å². The van der Waals surface area contributed by atoms with Crippen molar-refractivity contribution in [3.05, 3.63) is 87.8 Å². The molecule has 3 heteroatoms. The van der Waals surface area contributed by atoms with E-state index >= 15 is 0 Å². The lowest BCUT2D eigenvalue weighted by Crippen LogP contribution is -2.23. The molecule has 0 amide bonds. The van der Waals surface area contributed by atoms with Gasteiger partial charge in [-0.3, -0.25) is 4.79 Å². The molecule has 3 nitrogen and oxygen atoms in total. The Morgan fingerprint density at radius 2 is 1.79 bits per heavy atom. The summed E-state index contributed by atoms with van der Waals surface area (Å²) in [4.78, 5) is 12.8. The Bertz CT molecular complexity index is 925. The Morgan fingerprint density at radius 1 is 1.04 bits per heavy atom. The normalized spacial score (nSPS) is 12.7. The van der Waals surface area contributed by atoms with Gasteiger partial charge in [0.25, 0.3) is 5.56 Å². The smallest absolute Gasteiger partial charge is 0.257 e. The fourth-order valence-electron chi connectivity index (χ4n) is 3.18. The second kappa shape index (κ2) is 6.00. The molecule has 4 rings (SSSR count). The Hall–Kier alpha value is -2.81. The lowest BCUT2D eigenvalue weighted by atomic mass is 10.0. The van der Waals surface area contributed by atoms with Crippen LogP contribution < -0.4 is 10.3 Å². The van der Waals surface area contributed by atoms with Gasteiger partial charge in [-0.05, 0) is 18.1 Å². The summed E-state index contributed by atoms with van der Waals surface area (Å²) >= 11 is 0. The van der Waals surface area contributed by atoms with Gasteiger partial charge in [-0.1, -0.05) is 60.2 Å². The summed E-state index contributed by atoms with van der Waals surface area (Å²) in [5, 5.41) is 0. The second-order valence-electron chi connectivity index (χ2n) is 6.23. The molecule has 2 aromatic carbocycles. The third-order valence-electron chi connectivity index (χ3n) is 4.48. The first kappa shape index (κ1) is 14.8. The largest absolute Gasteiger partial charge is 0.492 e. The standard InChI is InChI=1S/C21H19NO2/c1-15-7-9-17(10-8-15)19-14-22(13-16-5-3-2-4-6-16)21(23)18-11-12-24-20(18)19/h2-10,14H,11-13H2,1H3. The van der Waals surface area contributed by atoms with Crippen molar-refractivity contribution in [1.29, 1.82) is 0 Å². The summed E-state index contributed by atoms with van der Waals surface area (Å²) in [6, 6.07) is 18.4. The Balaban J connectivity index is 1.85. The monoisotopic (exact) mass is 317 g/mol. The molecule has 0 saturated carbocycles. The maximum atomic E-state index is 12.8. The van der Waals surface area contributed by atoms with E-state index in [0.717, 1.165) is 28.0 Å². The average molecular weight is 317 g/mol. The maximum Gasteiger partial charge on any atom is 0.257 e. The number of hydrogen-bond donors (Lipinski definition) is 0. The zero-order valence-corrected chi connectivity index (χ0v) is 13.7. The second-order valence-corrected chi connectivity index (χ2v) is 6.23. The first-order valence-electron chi connectivity index (χ1n) is 8.22. The van der Waals surface area contributed by atoms with Gasteiger partial charge >= 0.3 is 0 Å². The number of rotatable bonds is 3. The molecule has 3 aromatic rings. The summed E-state index contributed by atoms with van der Waals surface area (Å²) in [6.07, 6.45) is 2.62. The van der Waals surface area contributed by atoms with Crippen molar-refractivity contribution in [2.75, 3.05) is 6.61 Å². The van der Waals surface area contributed by atoms with E-state index in [1.54, 1.807) is 4.57 Å². The van der Waals surface area contributed by atoms with Crippen molar-refractivity contribution >= 4 is 0 Å². The quantitative estimate of drug-likeness (QED) is 0.735. The van der Waals surface area contributed by atoms with Crippen molar-refractivity contribution in [2.24, 2.45) is 0 Å². The number of aromatic nitrogens is 1. The molecule has 0 N–H and O–H groups in total. The summed E-state index contributed by atoms with van der Waals surface area (Å²) in [7, 11) is 0. The molecule has 1 aromatic heterocycles. The zero-order valence-electron chi connectivity index (χ0n) is 13.7. The minimum atomic E-state index is 0.0576. The predicted molar refractivity (Wildman–Crippen MR) is 95.6 cm³/mol. The van der Waals surface area contributed by atoms with E-state index in [-0.39, 0.29) is 5.56 Å². The van der Waals surface area contributed by atoms with Gasteiger partial charge < -0.3 is 9.30 Å². The van der Waals surface area contributed by atoms with E-state index in [1.807, 2.05) is 36.5 Å². The Morgan fingerprint density at radius 3 is 2.54 bits per heavy atom. The molecule has 0 spiro atoms. The minimum Gasteiger partial charge on any atom is -0.492 e. The molecular weight excluding hydrogens is 298 g/mol. The maximum absolute atomic E-state index is 12.8. The number of nitrogens with zero attached hydrogens (tertiary/aromatic N) is 1. The lowest BCUT2D eigenvalue weighted by Gasteiger charge is -2.13. The van der Waals surface area contributed by atoms with Crippen LogP contribution in [-0.2, 0) is 13.0 Å². The number of ether oxygens (including phenoxy) is 1. The third kappa shape index (κ3) is 2.62. The summed E-state index contributed by atoms with van der Waals surface area (Å²) < 4.78 is 7.59. The Labute approximate surface area is 141 Å². The van der Waals surface area contributed by atoms with E-state index in [0.29, 0.717) is 19.6 Å². The van der Waals surface area contributed by atoms with Crippen LogP contribution in [0.4, 0.5) is 0 Å². The highest BCUT2D eigenvalue weighted by Gasteiger charge is 2.23. The first-order chi connectivity index (χ1) is 11.7. The van der Waals surface area contributed by atoms with Gasteiger partial charge in [0.15, 0.2) is 0 Å². The summed E-state index contributed by atoms with van der Waals surface area (Å²) in [5.74, 6) is 0.758. The zero-order chi connectivity index (χ0) is 16.5. The number of hydrogen-bond acceptors (Lipinski definition) is 2. The molecule has 0 atom stereocenters. The van der Waals surface area contributed by atoms with E-state index in [9.17, 15) is 4.79 Å². The van der Waals surface area contributed by atoms with E-state index in [4.69, 9.17) is 4.74 Å². The van der Waals surface area contributed by atoms with Crippen LogP contribution in [0.1, 0.15) is 16.7 Å². The van der Waals surface area contributed by atoms with Crippen LogP contribution in [-0.4, -0.2) is 11.2 Å². The molecule has 0 aliphatic carbocycles. The SMILES string of the molecule is Cc1ccc(-c2cn(Cc3ccccc3)c(=O)c3c2OCC3)cc1.